The number of nitrogens with zero attached hydrogens (tertiary/aromatic N) is 1. The number of anilines is 1. The van der Waals surface area contributed by atoms with Gasteiger partial charge in [-0.05, 0) is 62.1 Å². The monoisotopic (exact) mass is 470 g/mol. The smallest absolute Gasteiger partial charge is 0.244 e. The summed E-state index contributed by atoms with van der Waals surface area (Å²) < 4.78 is 28.7. The van der Waals surface area contributed by atoms with Gasteiger partial charge in [0.25, 0.3) is 0 Å². The summed E-state index contributed by atoms with van der Waals surface area (Å²) in [6.07, 6.45) is 0. The molecule has 0 spiro atoms. The number of carbonyl (C=O) groups excluding carboxylic acids is 1. The quantitative estimate of drug-likeness (QED) is 0.502. The van der Waals surface area contributed by atoms with Crippen LogP contribution in [0.2, 0.25) is 5.02 Å². The van der Waals surface area contributed by atoms with Crippen molar-refractivity contribution in [2.75, 3.05) is 11.9 Å². The molecule has 0 atom stereocenters. The number of benzene rings is 3. The number of amides is 1. The van der Waals surface area contributed by atoms with E-state index in [1.165, 1.54) is 4.31 Å². The third-order valence-corrected chi connectivity index (χ3v) is 7.53. The summed E-state index contributed by atoms with van der Waals surface area (Å²) in [7, 11) is -3.94. The fourth-order valence-corrected chi connectivity index (χ4v) is 5.76. The molecule has 1 N–H and O–H groups in total. The summed E-state index contributed by atoms with van der Waals surface area (Å²) in [6, 6.07) is 18.1. The highest BCUT2D eigenvalue weighted by atomic mass is 35.5. The summed E-state index contributed by atoms with van der Waals surface area (Å²) in [4.78, 5) is 13.2. The number of carbonyl (C=O) groups is 1. The minimum absolute atomic E-state index is 0.0812. The van der Waals surface area contributed by atoms with E-state index in [2.05, 4.69) is 5.32 Å². The number of aryl methyl sites for hydroxylation is 4. The number of halogens is 1. The Balaban J connectivity index is 1.97. The molecule has 0 bridgehead atoms. The summed E-state index contributed by atoms with van der Waals surface area (Å²) in [6.45, 7) is 7.10. The van der Waals surface area contributed by atoms with Gasteiger partial charge in [0.05, 0.1) is 11.4 Å². The van der Waals surface area contributed by atoms with E-state index < -0.39 is 15.9 Å². The van der Waals surface area contributed by atoms with E-state index in [1.54, 1.807) is 32.0 Å². The molecule has 3 rings (SSSR count). The molecule has 0 aliphatic rings. The first-order valence-corrected chi connectivity index (χ1v) is 12.1. The molecular weight excluding hydrogens is 444 g/mol. The largest absolute Gasteiger partial charge is 0.325 e. The number of hydrogen-bond donors (Lipinski definition) is 1. The van der Waals surface area contributed by atoms with Gasteiger partial charge in [-0.3, -0.25) is 4.79 Å². The zero-order valence-electron chi connectivity index (χ0n) is 18.6. The van der Waals surface area contributed by atoms with Crippen molar-refractivity contribution in [1.29, 1.82) is 0 Å². The zero-order chi connectivity index (χ0) is 23.5. The van der Waals surface area contributed by atoms with E-state index in [4.69, 9.17) is 11.6 Å². The van der Waals surface area contributed by atoms with E-state index in [1.807, 2.05) is 56.3 Å². The summed E-state index contributed by atoms with van der Waals surface area (Å²) in [5.41, 5.74) is 4.50. The lowest BCUT2D eigenvalue weighted by Crippen LogP contribution is -2.38. The number of sulfonamides is 1. The fraction of sp³-hybridized carbons (Fsp3) is 0.240. The highest BCUT2D eigenvalue weighted by Gasteiger charge is 2.30. The van der Waals surface area contributed by atoms with Crippen LogP contribution in [-0.4, -0.2) is 25.2 Å². The van der Waals surface area contributed by atoms with Gasteiger partial charge in [-0.2, -0.15) is 4.31 Å². The van der Waals surface area contributed by atoms with Crippen LogP contribution < -0.4 is 5.32 Å². The van der Waals surface area contributed by atoms with Crippen LogP contribution in [0.25, 0.3) is 0 Å². The van der Waals surface area contributed by atoms with Crippen molar-refractivity contribution in [2.45, 2.75) is 39.1 Å². The first-order chi connectivity index (χ1) is 15.1. The van der Waals surface area contributed by atoms with Crippen molar-refractivity contribution in [3.8, 4) is 0 Å². The van der Waals surface area contributed by atoms with Gasteiger partial charge in [-0.15, -0.1) is 0 Å². The SMILES string of the molecule is Cc1cc(C)c(S(=O)(=O)N(CC(=O)Nc2cc(Cl)ccc2C)Cc2ccccc2)c(C)c1. The molecular formula is C25H27ClN2O3S. The number of nitrogens with one attached hydrogen (secondary N) is 1. The third-order valence-electron chi connectivity index (χ3n) is 5.20. The molecule has 0 aromatic heterocycles. The Morgan fingerprint density at radius 2 is 1.53 bits per heavy atom. The van der Waals surface area contributed by atoms with Gasteiger partial charge in [-0.1, -0.05) is 65.7 Å². The molecule has 0 radical (unpaired) electrons. The average molecular weight is 471 g/mol. The molecule has 0 aliphatic carbocycles. The van der Waals surface area contributed by atoms with E-state index in [0.29, 0.717) is 21.8 Å². The van der Waals surface area contributed by atoms with Crippen LogP contribution in [0, 0.1) is 27.7 Å². The van der Waals surface area contributed by atoms with Crippen molar-refractivity contribution in [1.82, 2.24) is 4.31 Å². The Hall–Kier alpha value is -2.67. The maximum absolute atomic E-state index is 13.7. The van der Waals surface area contributed by atoms with Gasteiger partial charge in [0.2, 0.25) is 15.9 Å². The summed E-state index contributed by atoms with van der Waals surface area (Å²) in [5, 5.41) is 3.29. The minimum atomic E-state index is -3.94. The van der Waals surface area contributed by atoms with Crippen LogP contribution in [0.4, 0.5) is 5.69 Å². The van der Waals surface area contributed by atoms with Crippen LogP contribution in [0.15, 0.2) is 65.6 Å². The van der Waals surface area contributed by atoms with Crippen LogP contribution in [0.5, 0.6) is 0 Å². The molecule has 0 aliphatic heterocycles. The number of rotatable bonds is 7. The number of hydrogen-bond acceptors (Lipinski definition) is 3. The Morgan fingerprint density at radius 1 is 0.906 bits per heavy atom. The average Bonchev–Trinajstić information content (AvgIpc) is 2.70. The van der Waals surface area contributed by atoms with E-state index in [9.17, 15) is 13.2 Å². The topological polar surface area (TPSA) is 66.5 Å². The Kier molecular flexibility index (Phi) is 7.39. The molecule has 0 saturated carbocycles. The van der Waals surface area contributed by atoms with Crippen molar-refractivity contribution in [3.05, 3.63) is 93.5 Å². The standard InChI is InChI=1S/C25H27ClN2O3S/c1-17-12-19(3)25(20(4)13-17)32(30,31)28(15-21-8-6-5-7-9-21)16-24(29)27-23-14-22(26)11-10-18(23)2/h5-14H,15-16H2,1-4H3,(H,27,29). The van der Waals surface area contributed by atoms with Gasteiger partial charge in [-0.25, -0.2) is 8.42 Å². The van der Waals surface area contributed by atoms with E-state index in [0.717, 1.165) is 16.7 Å². The first kappa shape index (κ1) is 24.0. The fourth-order valence-electron chi connectivity index (χ4n) is 3.79. The van der Waals surface area contributed by atoms with Crippen LogP contribution in [0.3, 0.4) is 0 Å². The highest BCUT2D eigenvalue weighted by molar-refractivity contribution is 7.89. The molecule has 3 aromatic rings. The third kappa shape index (κ3) is 5.57. The van der Waals surface area contributed by atoms with E-state index >= 15 is 0 Å². The molecule has 0 unspecified atom stereocenters. The molecule has 1 amide bonds. The molecule has 32 heavy (non-hydrogen) atoms. The van der Waals surface area contributed by atoms with Gasteiger partial charge in [0.1, 0.15) is 0 Å². The van der Waals surface area contributed by atoms with Crippen molar-refractivity contribution in [2.24, 2.45) is 0 Å². The Morgan fingerprint density at radius 3 is 2.16 bits per heavy atom. The second kappa shape index (κ2) is 9.86. The predicted octanol–water partition coefficient (Wildman–Crippen LogP) is 5.40. The molecule has 0 saturated heterocycles. The molecule has 7 heteroatoms. The maximum atomic E-state index is 13.7. The summed E-state index contributed by atoms with van der Waals surface area (Å²) in [5.74, 6) is -0.433. The zero-order valence-corrected chi connectivity index (χ0v) is 20.2. The second-order valence-electron chi connectivity index (χ2n) is 7.99. The Bertz CT molecular complexity index is 1220. The van der Waals surface area contributed by atoms with Crippen LogP contribution >= 0.6 is 11.6 Å². The molecule has 0 fully saturated rings. The van der Waals surface area contributed by atoms with Gasteiger partial charge in [0, 0.05) is 17.3 Å². The molecule has 5 nitrogen and oxygen atoms in total. The van der Waals surface area contributed by atoms with Crippen molar-refractivity contribution in [3.63, 3.8) is 0 Å². The lowest BCUT2D eigenvalue weighted by Gasteiger charge is -2.24. The second-order valence-corrected chi connectivity index (χ2v) is 10.3. The molecule has 168 valence electrons. The molecule has 3 aromatic carbocycles. The van der Waals surface area contributed by atoms with E-state index in [-0.39, 0.29) is 18.0 Å². The summed E-state index contributed by atoms with van der Waals surface area (Å²) >= 11 is 6.06. The maximum Gasteiger partial charge on any atom is 0.244 e. The van der Waals surface area contributed by atoms with Gasteiger partial charge >= 0.3 is 0 Å². The molecule has 0 heterocycles. The normalized spacial score (nSPS) is 11.6. The lowest BCUT2D eigenvalue weighted by atomic mass is 10.1. The predicted molar refractivity (Wildman–Crippen MR) is 130 cm³/mol. The van der Waals surface area contributed by atoms with Gasteiger partial charge in [0.15, 0.2) is 0 Å². The highest BCUT2D eigenvalue weighted by Crippen LogP contribution is 2.27. The van der Waals surface area contributed by atoms with Crippen molar-refractivity contribution >= 4 is 33.2 Å². The van der Waals surface area contributed by atoms with Crippen molar-refractivity contribution < 1.29 is 13.2 Å². The Labute approximate surface area is 195 Å². The lowest BCUT2D eigenvalue weighted by molar-refractivity contribution is -0.116. The minimum Gasteiger partial charge on any atom is -0.325 e. The van der Waals surface area contributed by atoms with Crippen LogP contribution in [-0.2, 0) is 21.4 Å². The van der Waals surface area contributed by atoms with Gasteiger partial charge < -0.3 is 5.32 Å². The van der Waals surface area contributed by atoms with Crippen LogP contribution in [0.1, 0.15) is 27.8 Å². The first-order valence-electron chi connectivity index (χ1n) is 10.3.